The second-order valence-corrected chi connectivity index (χ2v) is 13.9. The van der Waals surface area contributed by atoms with Crippen molar-refractivity contribution in [2.75, 3.05) is 52.3 Å². The Labute approximate surface area is 246 Å². The number of benzene rings is 1. The fourth-order valence-electron chi connectivity index (χ4n) is 6.85. The van der Waals surface area contributed by atoms with Gasteiger partial charge in [-0.2, -0.15) is 5.10 Å². The van der Waals surface area contributed by atoms with Gasteiger partial charge in [0.1, 0.15) is 12.4 Å². The molecule has 5 heterocycles. The highest BCUT2D eigenvalue weighted by atomic mass is 32.2. The first-order chi connectivity index (χ1) is 20.4. The number of hydrogen-bond donors (Lipinski definition) is 0. The lowest BCUT2D eigenvalue weighted by Crippen LogP contribution is -2.38. The highest BCUT2D eigenvalue weighted by Gasteiger charge is 2.31. The summed E-state index contributed by atoms with van der Waals surface area (Å²) >= 11 is 0. The molecule has 0 bridgehead atoms. The highest BCUT2D eigenvalue weighted by molar-refractivity contribution is 7.90. The Kier molecular flexibility index (Phi) is 7.68. The minimum absolute atomic E-state index is 0.0837. The number of rotatable bonds is 8. The van der Waals surface area contributed by atoms with Gasteiger partial charge in [0.2, 0.25) is 0 Å². The Bertz CT molecular complexity index is 1650. The van der Waals surface area contributed by atoms with Crippen molar-refractivity contribution in [1.29, 1.82) is 0 Å². The summed E-state index contributed by atoms with van der Waals surface area (Å²) in [5.41, 5.74) is 4.37. The largest absolute Gasteiger partial charge is 0.491 e. The van der Waals surface area contributed by atoms with E-state index >= 15 is 0 Å². The number of nitrogens with zero attached hydrogens (tertiary/aromatic N) is 5. The fraction of sp³-hybridized carbons (Fsp3) is 0.548. The zero-order valence-electron chi connectivity index (χ0n) is 24.2. The predicted molar refractivity (Wildman–Crippen MR) is 159 cm³/mol. The van der Waals surface area contributed by atoms with Gasteiger partial charge in [0, 0.05) is 32.5 Å². The third kappa shape index (κ3) is 5.55. The molecule has 3 unspecified atom stereocenters. The molecule has 1 aliphatic carbocycles. The Hall–Kier alpha value is -2.99. The first-order valence-corrected chi connectivity index (χ1v) is 17.1. The van der Waals surface area contributed by atoms with Gasteiger partial charge in [-0.15, -0.1) is 5.10 Å². The predicted octanol–water partition coefficient (Wildman–Crippen LogP) is 4.55. The van der Waals surface area contributed by atoms with E-state index in [1.807, 2.05) is 33.7 Å². The van der Waals surface area contributed by atoms with Crippen LogP contribution in [0.4, 0.5) is 0 Å². The Morgan fingerprint density at radius 3 is 2.60 bits per heavy atom. The number of sulfone groups is 1. The van der Waals surface area contributed by atoms with Crippen molar-refractivity contribution in [3.63, 3.8) is 0 Å². The molecule has 224 valence electrons. The average Bonchev–Trinajstić information content (AvgIpc) is 3.73. The van der Waals surface area contributed by atoms with E-state index in [4.69, 9.17) is 24.4 Å². The van der Waals surface area contributed by atoms with Gasteiger partial charge in [0.15, 0.2) is 21.7 Å². The normalized spacial score (nSPS) is 24.1. The molecule has 0 N–H and O–H groups in total. The summed E-state index contributed by atoms with van der Waals surface area (Å²) in [5, 5.41) is 10.8. The molecular weight excluding hydrogens is 554 g/mol. The zero-order valence-corrected chi connectivity index (χ0v) is 25.0. The molecule has 3 aliphatic rings. The maximum atomic E-state index is 12.0. The lowest BCUT2D eigenvalue weighted by molar-refractivity contribution is -0.0370. The number of aromatic nitrogens is 4. The maximum absolute atomic E-state index is 12.0. The summed E-state index contributed by atoms with van der Waals surface area (Å²) in [7, 11) is -3.21. The molecule has 0 amide bonds. The molecule has 1 saturated carbocycles. The summed E-state index contributed by atoms with van der Waals surface area (Å²) in [6.07, 6.45) is 11.3. The SMILES string of the molecule is CS(=O)(=O)c1ccc(C2CCC(c3cc(OCCN4CCOCC4)cn4nc5c(cnn5C5CCCCO5)c34)C2)cc1. The first-order valence-electron chi connectivity index (χ1n) is 15.2. The van der Waals surface area contributed by atoms with Crippen molar-refractivity contribution in [3.8, 4) is 5.75 Å². The molecule has 3 fully saturated rings. The lowest BCUT2D eigenvalue weighted by atomic mass is 9.92. The van der Waals surface area contributed by atoms with Crippen LogP contribution in [0.5, 0.6) is 5.75 Å². The van der Waals surface area contributed by atoms with Crippen LogP contribution >= 0.6 is 0 Å². The molecule has 11 heteroatoms. The van der Waals surface area contributed by atoms with Crippen LogP contribution in [-0.4, -0.2) is 85.0 Å². The van der Waals surface area contributed by atoms with Crippen LogP contribution in [-0.2, 0) is 19.3 Å². The molecule has 4 aromatic rings. The van der Waals surface area contributed by atoms with Gasteiger partial charge >= 0.3 is 0 Å². The van der Waals surface area contributed by atoms with Crippen LogP contribution in [0.2, 0.25) is 0 Å². The van der Waals surface area contributed by atoms with E-state index in [0.717, 1.165) is 100 Å². The van der Waals surface area contributed by atoms with Crippen molar-refractivity contribution in [2.45, 2.75) is 61.5 Å². The van der Waals surface area contributed by atoms with E-state index in [1.165, 1.54) is 17.4 Å². The van der Waals surface area contributed by atoms with Gasteiger partial charge in [-0.1, -0.05) is 12.1 Å². The molecule has 7 rings (SSSR count). The molecule has 0 spiro atoms. The van der Waals surface area contributed by atoms with Crippen LogP contribution in [0.3, 0.4) is 0 Å². The van der Waals surface area contributed by atoms with Crippen molar-refractivity contribution < 1.29 is 22.6 Å². The van der Waals surface area contributed by atoms with E-state index in [1.54, 1.807) is 12.1 Å². The van der Waals surface area contributed by atoms with E-state index in [-0.39, 0.29) is 6.23 Å². The fourth-order valence-corrected chi connectivity index (χ4v) is 7.48. The molecule has 0 radical (unpaired) electrons. The van der Waals surface area contributed by atoms with Gasteiger partial charge < -0.3 is 14.2 Å². The van der Waals surface area contributed by atoms with Crippen LogP contribution in [0.25, 0.3) is 16.6 Å². The summed E-state index contributed by atoms with van der Waals surface area (Å²) in [5.74, 6) is 1.51. The Balaban J connectivity index is 1.20. The monoisotopic (exact) mass is 593 g/mol. The molecular formula is C31H39N5O5S. The van der Waals surface area contributed by atoms with Gasteiger partial charge in [-0.05, 0) is 79.7 Å². The van der Waals surface area contributed by atoms with Crippen molar-refractivity contribution in [1.82, 2.24) is 24.3 Å². The molecule has 2 aliphatic heterocycles. The van der Waals surface area contributed by atoms with Crippen LogP contribution in [0.15, 0.2) is 47.6 Å². The number of morpholine rings is 1. The number of fused-ring (bicyclic) bond motifs is 3. The first kappa shape index (κ1) is 27.8. The maximum Gasteiger partial charge on any atom is 0.183 e. The van der Waals surface area contributed by atoms with Crippen LogP contribution in [0.1, 0.15) is 67.7 Å². The third-order valence-corrected chi connectivity index (χ3v) is 10.3. The Morgan fingerprint density at radius 2 is 1.83 bits per heavy atom. The highest BCUT2D eigenvalue weighted by Crippen LogP contribution is 2.46. The quantitative estimate of drug-likeness (QED) is 0.294. The molecule has 1 aromatic carbocycles. The van der Waals surface area contributed by atoms with Gasteiger partial charge in [-0.25, -0.2) is 17.6 Å². The second kappa shape index (κ2) is 11.6. The minimum atomic E-state index is -3.21. The van der Waals surface area contributed by atoms with Crippen LogP contribution < -0.4 is 4.74 Å². The summed E-state index contributed by atoms with van der Waals surface area (Å²) < 4.78 is 45.8. The third-order valence-electron chi connectivity index (χ3n) is 9.14. The second-order valence-electron chi connectivity index (χ2n) is 11.9. The standard InChI is InChI=1S/C31H39N5O5S/c1-42(37,38)26-9-7-22(8-10-26)23-5-6-24(18-23)27-19-25(40-17-13-34-11-15-39-16-12-34)21-35-30(27)28-20-32-36(31(28)33-35)29-4-2-3-14-41-29/h7-10,19-21,23-24,29H,2-6,11-18H2,1H3. The van der Waals surface area contributed by atoms with Gasteiger partial charge in [0.05, 0.1) is 41.4 Å². The molecule has 42 heavy (non-hydrogen) atoms. The van der Waals surface area contributed by atoms with Gasteiger partial charge in [0.25, 0.3) is 0 Å². The lowest BCUT2D eigenvalue weighted by Gasteiger charge is -2.26. The molecule has 3 atom stereocenters. The van der Waals surface area contributed by atoms with Crippen molar-refractivity contribution >= 4 is 26.4 Å². The van der Waals surface area contributed by atoms with Crippen LogP contribution in [0, 0.1) is 0 Å². The zero-order chi connectivity index (χ0) is 28.7. The topological polar surface area (TPSA) is 100 Å². The average molecular weight is 594 g/mol. The van der Waals surface area contributed by atoms with Crippen molar-refractivity contribution in [3.05, 3.63) is 53.9 Å². The smallest absolute Gasteiger partial charge is 0.183 e. The summed E-state index contributed by atoms with van der Waals surface area (Å²) in [6.45, 7) is 5.64. The molecule has 10 nitrogen and oxygen atoms in total. The van der Waals surface area contributed by atoms with E-state index in [2.05, 4.69) is 11.0 Å². The number of pyridine rings is 1. The minimum Gasteiger partial charge on any atom is -0.491 e. The number of hydrogen-bond acceptors (Lipinski definition) is 8. The van der Waals surface area contributed by atoms with Crippen molar-refractivity contribution in [2.24, 2.45) is 0 Å². The molecule has 2 saturated heterocycles. The van der Waals surface area contributed by atoms with E-state index < -0.39 is 9.84 Å². The summed E-state index contributed by atoms with van der Waals surface area (Å²) in [6, 6.07) is 9.65. The van der Waals surface area contributed by atoms with Gasteiger partial charge in [-0.3, -0.25) is 4.90 Å². The number of ether oxygens (including phenoxy) is 3. The Morgan fingerprint density at radius 1 is 1.02 bits per heavy atom. The van der Waals surface area contributed by atoms with E-state index in [9.17, 15) is 8.42 Å². The van der Waals surface area contributed by atoms with E-state index in [0.29, 0.717) is 23.3 Å². The summed E-state index contributed by atoms with van der Waals surface area (Å²) in [4.78, 5) is 2.74. The molecule has 3 aromatic heterocycles.